The number of hydrogen-bond donors (Lipinski definition) is 1. The second-order valence-corrected chi connectivity index (χ2v) is 6.34. The smallest absolute Gasteiger partial charge is 0.331 e. The van der Waals surface area contributed by atoms with Crippen LogP contribution in [-0.2, 0) is 14.3 Å². The van der Waals surface area contributed by atoms with E-state index in [1.165, 1.54) is 6.08 Å². The third-order valence-electron chi connectivity index (χ3n) is 4.07. The predicted octanol–water partition coefficient (Wildman–Crippen LogP) is 4.32. The molecule has 154 valence electrons. The topological polar surface area (TPSA) is 90.7 Å². The summed E-state index contributed by atoms with van der Waals surface area (Å²) in [4.78, 5) is 25.2. The van der Waals surface area contributed by atoms with Gasteiger partial charge >= 0.3 is 5.97 Å². The lowest BCUT2D eigenvalue weighted by Gasteiger charge is -2.16. The molecule has 0 saturated carbocycles. The van der Waals surface area contributed by atoms with E-state index in [1.54, 1.807) is 43.3 Å². The molecule has 2 aromatic carbocycles. The first-order valence-corrected chi connectivity index (χ1v) is 9.46. The standard InChI is InChI=1S/C23H22N2O5/c1-3-28-19-12-8-7-9-17(19)13-14-21(26)29-22(18-10-5-4-6-11-18)23(27)24-20-15-16(2)30-25-20/h4-15,22H,3H2,1-2H3,(H,24,25,27)/b14-13+. The Bertz CT molecular complexity index is 1030. The van der Waals surface area contributed by atoms with Crippen molar-refractivity contribution in [2.75, 3.05) is 11.9 Å². The second-order valence-electron chi connectivity index (χ2n) is 6.34. The molecule has 3 aromatic rings. The Labute approximate surface area is 174 Å². The van der Waals surface area contributed by atoms with Crippen LogP contribution in [-0.4, -0.2) is 23.6 Å². The summed E-state index contributed by atoms with van der Waals surface area (Å²) in [5, 5.41) is 6.34. The van der Waals surface area contributed by atoms with Crippen LogP contribution in [0.2, 0.25) is 0 Å². The van der Waals surface area contributed by atoms with Crippen molar-refractivity contribution in [2.24, 2.45) is 0 Å². The summed E-state index contributed by atoms with van der Waals surface area (Å²) in [7, 11) is 0. The van der Waals surface area contributed by atoms with Gasteiger partial charge in [-0.1, -0.05) is 53.7 Å². The van der Waals surface area contributed by atoms with Crippen LogP contribution in [0.25, 0.3) is 6.08 Å². The van der Waals surface area contributed by atoms with Crippen molar-refractivity contribution < 1.29 is 23.6 Å². The average molecular weight is 406 g/mol. The van der Waals surface area contributed by atoms with Crippen molar-refractivity contribution in [1.82, 2.24) is 5.16 Å². The summed E-state index contributed by atoms with van der Waals surface area (Å²) < 4.78 is 16.0. The Morgan fingerprint density at radius 1 is 1.13 bits per heavy atom. The van der Waals surface area contributed by atoms with Gasteiger partial charge in [0, 0.05) is 23.3 Å². The number of rotatable bonds is 8. The Morgan fingerprint density at radius 3 is 2.57 bits per heavy atom. The minimum Gasteiger partial charge on any atom is -0.493 e. The quantitative estimate of drug-likeness (QED) is 0.443. The Hall–Kier alpha value is -3.87. The van der Waals surface area contributed by atoms with Gasteiger partial charge in [-0.25, -0.2) is 4.79 Å². The lowest BCUT2D eigenvalue weighted by molar-refractivity contribution is -0.149. The van der Waals surface area contributed by atoms with Gasteiger partial charge in [0.25, 0.3) is 5.91 Å². The van der Waals surface area contributed by atoms with Crippen molar-refractivity contribution in [2.45, 2.75) is 20.0 Å². The van der Waals surface area contributed by atoms with Crippen LogP contribution in [0.4, 0.5) is 5.82 Å². The number of hydrogen-bond acceptors (Lipinski definition) is 6. The van der Waals surface area contributed by atoms with Crippen LogP contribution in [0.15, 0.2) is 71.3 Å². The minimum atomic E-state index is -1.15. The Kier molecular flexibility index (Phi) is 7.00. The molecule has 1 aromatic heterocycles. The van der Waals surface area contributed by atoms with Crippen LogP contribution in [0.1, 0.15) is 29.9 Å². The number of amides is 1. The number of aromatic nitrogens is 1. The molecular weight excluding hydrogens is 384 g/mol. The van der Waals surface area contributed by atoms with Crippen molar-refractivity contribution in [3.8, 4) is 5.75 Å². The Balaban J connectivity index is 1.76. The molecule has 0 fully saturated rings. The molecule has 1 heterocycles. The number of aryl methyl sites for hydroxylation is 1. The number of nitrogens with zero attached hydrogens (tertiary/aromatic N) is 1. The maximum Gasteiger partial charge on any atom is 0.331 e. The fourth-order valence-electron chi connectivity index (χ4n) is 2.74. The first-order chi connectivity index (χ1) is 14.6. The molecule has 0 aliphatic rings. The zero-order chi connectivity index (χ0) is 21.3. The molecule has 0 aliphatic carbocycles. The molecule has 0 spiro atoms. The SMILES string of the molecule is CCOc1ccccc1/C=C/C(=O)OC(C(=O)Nc1cc(C)on1)c1ccccc1. The molecule has 3 rings (SSSR count). The summed E-state index contributed by atoms with van der Waals surface area (Å²) in [6.07, 6.45) is 1.71. The van der Waals surface area contributed by atoms with Gasteiger partial charge in [-0.3, -0.25) is 4.79 Å². The molecule has 0 aliphatic heterocycles. The number of anilines is 1. The van der Waals surface area contributed by atoms with E-state index in [2.05, 4.69) is 10.5 Å². The van der Waals surface area contributed by atoms with Crippen LogP contribution < -0.4 is 10.1 Å². The first kappa shape index (κ1) is 20.9. The number of esters is 1. The fraction of sp³-hybridized carbons (Fsp3) is 0.174. The molecular formula is C23H22N2O5. The molecule has 1 amide bonds. The third kappa shape index (κ3) is 5.57. The van der Waals surface area contributed by atoms with Gasteiger partial charge in [0.1, 0.15) is 11.5 Å². The van der Waals surface area contributed by atoms with Crippen LogP contribution >= 0.6 is 0 Å². The number of carbonyl (C=O) groups is 2. The van der Waals surface area contributed by atoms with E-state index < -0.39 is 18.0 Å². The predicted molar refractivity (Wildman–Crippen MR) is 112 cm³/mol. The van der Waals surface area contributed by atoms with Crippen molar-refractivity contribution in [3.05, 3.63) is 83.6 Å². The van der Waals surface area contributed by atoms with Crippen molar-refractivity contribution in [3.63, 3.8) is 0 Å². The zero-order valence-electron chi connectivity index (χ0n) is 16.7. The van der Waals surface area contributed by atoms with Gasteiger partial charge in [-0.05, 0) is 26.0 Å². The maximum absolute atomic E-state index is 12.8. The molecule has 7 heteroatoms. The van der Waals surface area contributed by atoms with E-state index in [0.717, 1.165) is 5.56 Å². The molecule has 0 radical (unpaired) electrons. The molecule has 1 atom stereocenters. The summed E-state index contributed by atoms with van der Waals surface area (Å²) in [5.41, 5.74) is 1.27. The molecule has 1 unspecified atom stereocenters. The highest BCUT2D eigenvalue weighted by atomic mass is 16.5. The van der Waals surface area contributed by atoms with E-state index in [1.807, 2.05) is 37.3 Å². The minimum absolute atomic E-state index is 0.246. The van der Waals surface area contributed by atoms with E-state index in [4.69, 9.17) is 14.0 Å². The van der Waals surface area contributed by atoms with Crippen molar-refractivity contribution in [1.29, 1.82) is 0 Å². The number of ether oxygens (including phenoxy) is 2. The average Bonchev–Trinajstić information content (AvgIpc) is 3.16. The van der Waals surface area contributed by atoms with E-state index in [9.17, 15) is 9.59 Å². The number of carbonyl (C=O) groups excluding carboxylic acids is 2. The lowest BCUT2D eigenvalue weighted by Crippen LogP contribution is -2.25. The number of para-hydroxylation sites is 1. The summed E-state index contributed by atoms with van der Waals surface area (Å²) in [5.74, 6) is 0.250. The number of nitrogens with one attached hydrogen (secondary N) is 1. The summed E-state index contributed by atoms with van der Waals surface area (Å²) in [6.45, 7) is 4.10. The fourth-order valence-corrected chi connectivity index (χ4v) is 2.74. The van der Waals surface area contributed by atoms with Gasteiger partial charge in [0.2, 0.25) is 6.10 Å². The normalized spacial score (nSPS) is 11.8. The first-order valence-electron chi connectivity index (χ1n) is 9.46. The monoisotopic (exact) mass is 406 g/mol. The lowest BCUT2D eigenvalue weighted by atomic mass is 10.1. The van der Waals surface area contributed by atoms with Crippen LogP contribution in [0, 0.1) is 6.92 Å². The van der Waals surface area contributed by atoms with Gasteiger partial charge in [0.05, 0.1) is 6.61 Å². The third-order valence-corrected chi connectivity index (χ3v) is 4.07. The second kappa shape index (κ2) is 10.1. The maximum atomic E-state index is 12.8. The van der Waals surface area contributed by atoms with Gasteiger partial charge in [-0.2, -0.15) is 0 Å². The van der Waals surface area contributed by atoms with Gasteiger partial charge in [0.15, 0.2) is 5.82 Å². The highest BCUT2D eigenvalue weighted by Gasteiger charge is 2.25. The van der Waals surface area contributed by atoms with E-state index >= 15 is 0 Å². The molecule has 30 heavy (non-hydrogen) atoms. The van der Waals surface area contributed by atoms with E-state index in [0.29, 0.717) is 23.7 Å². The summed E-state index contributed by atoms with van der Waals surface area (Å²) >= 11 is 0. The molecule has 0 bridgehead atoms. The van der Waals surface area contributed by atoms with Crippen molar-refractivity contribution >= 4 is 23.8 Å². The van der Waals surface area contributed by atoms with Gasteiger partial charge < -0.3 is 19.3 Å². The highest BCUT2D eigenvalue weighted by molar-refractivity contribution is 5.97. The van der Waals surface area contributed by atoms with Gasteiger partial charge in [-0.15, -0.1) is 0 Å². The number of benzene rings is 2. The highest BCUT2D eigenvalue weighted by Crippen LogP contribution is 2.22. The largest absolute Gasteiger partial charge is 0.493 e. The van der Waals surface area contributed by atoms with Crippen LogP contribution in [0.5, 0.6) is 5.75 Å². The summed E-state index contributed by atoms with van der Waals surface area (Å²) in [6, 6.07) is 17.7. The van der Waals surface area contributed by atoms with Crippen LogP contribution in [0.3, 0.4) is 0 Å². The van der Waals surface area contributed by atoms with E-state index in [-0.39, 0.29) is 5.82 Å². The molecule has 0 saturated heterocycles. The molecule has 7 nitrogen and oxygen atoms in total. The Morgan fingerprint density at radius 2 is 1.87 bits per heavy atom. The zero-order valence-corrected chi connectivity index (χ0v) is 16.7. The molecule has 1 N–H and O–H groups in total.